The zero-order valence-electron chi connectivity index (χ0n) is 11.6. The molecule has 0 heterocycles. The lowest BCUT2D eigenvalue weighted by Gasteiger charge is -2.31. The molecule has 17 heavy (non-hydrogen) atoms. The van der Waals surface area contributed by atoms with E-state index < -0.39 is 0 Å². The highest BCUT2D eigenvalue weighted by atomic mass is 31.1. The van der Waals surface area contributed by atoms with Crippen molar-refractivity contribution in [2.75, 3.05) is 39.8 Å². The van der Waals surface area contributed by atoms with Crippen LogP contribution in [0.4, 0.5) is 0 Å². The van der Waals surface area contributed by atoms with Crippen LogP contribution in [0.1, 0.15) is 44.9 Å². The lowest BCUT2D eigenvalue weighted by atomic mass is 10.0. The Balaban J connectivity index is 2.27. The van der Waals surface area contributed by atoms with Crippen molar-refractivity contribution in [2.24, 2.45) is 0 Å². The average molecular weight is 260 g/mol. The van der Waals surface area contributed by atoms with Crippen LogP contribution in [0, 0.1) is 0 Å². The first kappa shape index (κ1) is 15.4. The molecule has 0 aromatic heterocycles. The Morgan fingerprint density at radius 2 is 1.41 bits per heavy atom. The Kier molecular flexibility index (Phi) is 9.33. The van der Waals surface area contributed by atoms with Gasteiger partial charge in [0.05, 0.1) is 0 Å². The van der Waals surface area contributed by atoms with E-state index in [0.717, 1.165) is 18.9 Å². The van der Waals surface area contributed by atoms with Gasteiger partial charge in [-0.2, -0.15) is 0 Å². The minimum absolute atomic E-state index is 0.238. The fraction of sp³-hybridized carbons (Fsp3) is 1.00. The SMILES string of the molecule is COCCCP(CCCOC)C1CCCCC1. The van der Waals surface area contributed by atoms with Crippen LogP contribution in [0.15, 0.2) is 0 Å². The second-order valence-electron chi connectivity index (χ2n) is 5.02. The zero-order chi connectivity index (χ0) is 12.3. The first-order chi connectivity index (χ1) is 8.38. The maximum atomic E-state index is 5.19. The quantitative estimate of drug-likeness (QED) is 0.463. The van der Waals surface area contributed by atoms with E-state index in [9.17, 15) is 0 Å². The van der Waals surface area contributed by atoms with Crippen molar-refractivity contribution in [3.8, 4) is 0 Å². The lowest BCUT2D eigenvalue weighted by Crippen LogP contribution is -2.15. The summed E-state index contributed by atoms with van der Waals surface area (Å²) in [4.78, 5) is 0. The minimum Gasteiger partial charge on any atom is -0.385 e. The molecule has 0 saturated heterocycles. The average Bonchev–Trinajstić information content (AvgIpc) is 2.38. The third-order valence-electron chi connectivity index (χ3n) is 3.68. The van der Waals surface area contributed by atoms with Crippen molar-refractivity contribution >= 4 is 7.92 Å². The third kappa shape index (κ3) is 6.74. The van der Waals surface area contributed by atoms with Crippen molar-refractivity contribution in [1.29, 1.82) is 0 Å². The lowest BCUT2D eigenvalue weighted by molar-refractivity contribution is 0.198. The van der Waals surface area contributed by atoms with Crippen molar-refractivity contribution in [1.82, 2.24) is 0 Å². The van der Waals surface area contributed by atoms with Crippen LogP contribution in [0.25, 0.3) is 0 Å². The largest absolute Gasteiger partial charge is 0.385 e. The van der Waals surface area contributed by atoms with Crippen LogP contribution < -0.4 is 0 Å². The predicted octanol–water partition coefficient (Wildman–Crippen LogP) is 3.87. The van der Waals surface area contributed by atoms with Crippen LogP contribution in [0.5, 0.6) is 0 Å². The second kappa shape index (κ2) is 10.3. The summed E-state index contributed by atoms with van der Waals surface area (Å²) >= 11 is 0. The van der Waals surface area contributed by atoms with E-state index in [1.54, 1.807) is 0 Å². The van der Waals surface area contributed by atoms with Gasteiger partial charge in [-0.3, -0.25) is 0 Å². The molecule has 2 nitrogen and oxygen atoms in total. The topological polar surface area (TPSA) is 18.5 Å². The highest BCUT2D eigenvalue weighted by molar-refractivity contribution is 7.58. The maximum absolute atomic E-state index is 5.19. The molecule has 0 aromatic rings. The number of hydrogen-bond acceptors (Lipinski definition) is 2. The minimum atomic E-state index is 0.238. The molecule has 1 fully saturated rings. The fourth-order valence-corrected chi connectivity index (χ4v) is 5.87. The summed E-state index contributed by atoms with van der Waals surface area (Å²) in [5.74, 6) is 0. The molecule has 0 N–H and O–H groups in total. The first-order valence-electron chi connectivity index (χ1n) is 7.10. The molecule has 0 spiro atoms. The van der Waals surface area contributed by atoms with Crippen molar-refractivity contribution in [2.45, 2.75) is 50.6 Å². The molecule has 0 atom stereocenters. The smallest absolute Gasteiger partial charge is 0.0465 e. The van der Waals surface area contributed by atoms with Crippen LogP contribution in [-0.4, -0.2) is 45.4 Å². The summed E-state index contributed by atoms with van der Waals surface area (Å²) < 4.78 is 10.4. The maximum Gasteiger partial charge on any atom is 0.0465 e. The van der Waals surface area contributed by atoms with E-state index >= 15 is 0 Å². The number of methoxy groups -OCH3 is 2. The van der Waals surface area contributed by atoms with Gasteiger partial charge in [0.15, 0.2) is 0 Å². The molecule has 102 valence electrons. The molecule has 1 aliphatic rings. The van der Waals surface area contributed by atoms with Crippen LogP contribution in [0.3, 0.4) is 0 Å². The van der Waals surface area contributed by atoms with E-state index in [4.69, 9.17) is 9.47 Å². The first-order valence-corrected chi connectivity index (χ1v) is 8.88. The van der Waals surface area contributed by atoms with Gasteiger partial charge in [0.1, 0.15) is 0 Å². The zero-order valence-corrected chi connectivity index (χ0v) is 12.5. The van der Waals surface area contributed by atoms with Gasteiger partial charge in [-0.05, 0) is 43.7 Å². The standard InChI is InChI=1S/C14H29O2P/c1-15-10-6-12-17(13-7-11-16-2)14-8-4-3-5-9-14/h14H,3-13H2,1-2H3. The second-order valence-corrected chi connectivity index (χ2v) is 7.82. The molecule has 0 amide bonds. The predicted molar refractivity (Wildman–Crippen MR) is 76.5 cm³/mol. The Morgan fingerprint density at radius 1 is 0.882 bits per heavy atom. The van der Waals surface area contributed by atoms with Gasteiger partial charge < -0.3 is 9.47 Å². The summed E-state index contributed by atoms with van der Waals surface area (Å²) in [6.07, 6.45) is 12.7. The molecular weight excluding hydrogens is 231 g/mol. The Bertz CT molecular complexity index is 160. The molecule has 0 radical (unpaired) electrons. The van der Waals surface area contributed by atoms with E-state index in [0.29, 0.717) is 0 Å². The van der Waals surface area contributed by atoms with Gasteiger partial charge in [0.2, 0.25) is 0 Å². The Hall–Kier alpha value is 0.350. The molecule has 0 unspecified atom stereocenters. The van der Waals surface area contributed by atoms with Gasteiger partial charge in [0.25, 0.3) is 0 Å². The van der Waals surface area contributed by atoms with E-state index in [2.05, 4.69) is 0 Å². The number of hydrogen-bond donors (Lipinski definition) is 0. The Morgan fingerprint density at radius 3 is 1.88 bits per heavy atom. The third-order valence-corrected chi connectivity index (χ3v) is 7.01. The van der Waals surface area contributed by atoms with Crippen molar-refractivity contribution < 1.29 is 9.47 Å². The summed E-state index contributed by atoms with van der Waals surface area (Å²) in [5, 5.41) is 0. The summed E-state index contributed by atoms with van der Waals surface area (Å²) in [6.45, 7) is 1.88. The molecule has 3 heteroatoms. The summed E-state index contributed by atoms with van der Waals surface area (Å²) in [5.41, 5.74) is 1.05. The molecule has 1 aliphatic carbocycles. The van der Waals surface area contributed by atoms with Gasteiger partial charge >= 0.3 is 0 Å². The Labute approximate surface area is 108 Å². The fourth-order valence-electron chi connectivity index (χ4n) is 2.75. The van der Waals surface area contributed by atoms with Gasteiger partial charge in [0, 0.05) is 27.4 Å². The highest BCUT2D eigenvalue weighted by Gasteiger charge is 2.22. The van der Waals surface area contributed by atoms with E-state index in [1.165, 1.54) is 57.3 Å². The highest BCUT2D eigenvalue weighted by Crippen LogP contribution is 2.48. The summed E-state index contributed by atoms with van der Waals surface area (Å²) in [6, 6.07) is 0. The summed E-state index contributed by atoms with van der Waals surface area (Å²) in [7, 11) is 3.86. The number of rotatable bonds is 9. The molecule has 0 aliphatic heterocycles. The van der Waals surface area contributed by atoms with E-state index in [-0.39, 0.29) is 7.92 Å². The van der Waals surface area contributed by atoms with Crippen LogP contribution in [0.2, 0.25) is 0 Å². The van der Waals surface area contributed by atoms with Crippen LogP contribution in [-0.2, 0) is 9.47 Å². The van der Waals surface area contributed by atoms with Crippen LogP contribution >= 0.6 is 7.92 Å². The van der Waals surface area contributed by atoms with E-state index in [1.807, 2.05) is 14.2 Å². The van der Waals surface area contributed by atoms with Gasteiger partial charge in [-0.15, -0.1) is 7.92 Å². The monoisotopic (exact) mass is 260 g/mol. The van der Waals surface area contributed by atoms with Crippen molar-refractivity contribution in [3.05, 3.63) is 0 Å². The molecule has 1 rings (SSSR count). The number of ether oxygens (including phenoxy) is 2. The van der Waals surface area contributed by atoms with Crippen molar-refractivity contribution in [3.63, 3.8) is 0 Å². The van der Waals surface area contributed by atoms with Gasteiger partial charge in [-0.25, -0.2) is 0 Å². The molecular formula is C14H29O2P. The molecule has 0 bridgehead atoms. The molecule has 1 saturated carbocycles. The van der Waals surface area contributed by atoms with Gasteiger partial charge in [-0.1, -0.05) is 19.3 Å². The molecule has 0 aromatic carbocycles. The normalized spacial score (nSPS) is 17.8.